The molecule has 4 rings (SSSR count). The Hall–Kier alpha value is -3.20. The molecule has 0 unspecified atom stereocenters. The number of aryl methyl sites for hydroxylation is 2. The van der Waals surface area contributed by atoms with E-state index in [1.807, 2.05) is 30.3 Å². The molecule has 25 heavy (non-hydrogen) atoms. The molecule has 0 radical (unpaired) electrons. The molecule has 0 atom stereocenters. The Morgan fingerprint density at radius 1 is 0.720 bits per heavy atom. The van der Waals surface area contributed by atoms with Gasteiger partial charge in [0.25, 0.3) is 0 Å². The first-order valence-corrected chi connectivity index (χ1v) is 8.37. The van der Waals surface area contributed by atoms with Crippen LogP contribution >= 0.6 is 0 Å². The monoisotopic (exact) mass is 325 g/mol. The molecule has 1 N–H and O–H groups in total. The maximum absolute atomic E-state index is 4.51. The number of anilines is 2. The van der Waals surface area contributed by atoms with Crippen LogP contribution in [0.4, 0.5) is 11.5 Å². The summed E-state index contributed by atoms with van der Waals surface area (Å²) in [5.41, 5.74) is 5.44. The van der Waals surface area contributed by atoms with Gasteiger partial charge in [0.15, 0.2) is 5.82 Å². The minimum Gasteiger partial charge on any atom is -0.338 e. The van der Waals surface area contributed by atoms with Crippen molar-refractivity contribution in [2.45, 2.75) is 13.8 Å². The van der Waals surface area contributed by atoms with Crippen LogP contribution in [-0.2, 0) is 0 Å². The van der Waals surface area contributed by atoms with Gasteiger partial charge in [0.05, 0.1) is 0 Å². The van der Waals surface area contributed by atoms with E-state index in [2.05, 4.69) is 71.8 Å². The number of aromatic nitrogens is 2. The topological polar surface area (TPSA) is 37.8 Å². The van der Waals surface area contributed by atoms with Gasteiger partial charge in [-0.2, -0.15) is 0 Å². The number of hydrogen-bond donors (Lipinski definition) is 1. The molecular weight excluding hydrogens is 306 g/mol. The summed E-state index contributed by atoms with van der Waals surface area (Å²) in [6, 6.07) is 24.8. The van der Waals surface area contributed by atoms with Crippen LogP contribution in [0.5, 0.6) is 0 Å². The van der Waals surface area contributed by atoms with E-state index in [9.17, 15) is 0 Å². The summed E-state index contributed by atoms with van der Waals surface area (Å²) in [6.07, 6.45) is 0. The molecule has 4 aromatic rings. The number of nitrogens with one attached hydrogen (secondary N) is 1. The van der Waals surface area contributed by atoms with Gasteiger partial charge in [-0.05, 0) is 31.0 Å². The highest BCUT2D eigenvalue weighted by atomic mass is 15.2. The van der Waals surface area contributed by atoms with Crippen LogP contribution in [0.3, 0.4) is 0 Å². The predicted molar refractivity (Wildman–Crippen MR) is 104 cm³/mol. The van der Waals surface area contributed by atoms with Crippen molar-refractivity contribution < 1.29 is 0 Å². The first-order valence-electron chi connectivity index (χ1n) is 8.37. The summed E-state index contributed by atoms with van der Waals surface area (Å²) < 4.78 is 0. The summed E-state index contributed by atoms with van der Waals surface area (Å²) in [5, 5.41) is 14.6. The van der Waals surface area contributed by atoms with Crippen LogP contribution in [-0.4, -0.2) is 10.2 Å². The second kappa shape index (κ2) is 6.36. The van der Waals surface area contributed by atoms with Gasteiger partial charge < -0.3 is 5.32 Å². The summed E-state index contributed by atoms with van der Waals surface area (Å²) in [7, 11) is 0. The Kier molecular flexibility index (Phi) is 3.90. The molecular formula is C22H19N3. The molecule has 1 aromatic heterocycles. The Labute approximate surface area is 147 Å². The van der Waals surface area contributed by atoms with Crippen molar-refractivity contribution in [3.05, 3.63) is 83.9 Å². The fourth-order valence-electron chi connectivity index (χ4n) is 3.00. The van der Waals surface area contributed by atoms with Gasteiger partial charge in [-0.25, -0.2) is 0 Å². The van der Waals surface area contributed by atoms with Gasteiger partial charge in [0, 0.05) is 22.0 Å². The molecule has 0 aliphatic heterocycles. The number of nitrogens with zero attached hydrogens (tertiary/aromatic N) is 2. The summed E-state index contributed by atoms with van der Waals surface area (Å²) >= 11 is 0. The largest absolute Gasteiger partial charge is 0.338 e. The maximum atomic E-state index is 4.51. The van der Waals surface area contributed by atoms with Gasteiger partial charge in [0.2, 0.25) is 0 Å². The standard InChI is InChI=1S/C22H19N3/c1-15-12-13-16(2)20(14-15)23-22-19-11-7-6-10-18(19)21(24-25-22)17-8-4-3-5-9-17/h3-14H,1-2H3,(H,23,25). The SMILES string of the molecule is Cc1ccc(C)c(Nc2nnc(-c3ccccc3)c3ccccc23)c1. The minimum absolute atomic E-state index is 0.781. The molecule has 0 bridgehead atoms. The van der Waals surface area contributed by atoms with Crippen LogP contribution in [0.1, 0.15) is 11.1 Å². The van der Waals surface area contributed by atoms with E-state index in [0.717, 1.165) is 33.5 Å². The summed E-state index contributed by atoms with van der Waals surface area (Å²) in [6.45, 7) is 4.18. The summed E-state index contributed by atoms with van der Waals surface area (Å²) in [4.78, 5) is 0. The Morgan fingerprint density at radius 2 is 1.44 bits per heavy atom. The highest BCUT2D eigenvalue weighted by molar-refractivity contribution is 6.00. The van der Waals surface area contributed by atoms with Crippen molar-refractivity contribution in [2.24, 2.45) is 0 Å². The molecule has 1 heterocycles. The first-order chi connectivity index (χ1) is 12.2. The molecule has 122 valence electrons. The van der Waals surface area contributed by atoms with Crippen LogP contribution < -0.4 is 5.32 Å². The van der Waals surface area contributed by atoms with Gasteiger partial charge in [-0.1, -0.05) is 66.7 Å². The molecule has 0 fully saturated rings. The molecule has 3 nitrogen and oxygen atoms in total. The van der Waals surface area contributed by atoms with Gasteiger partial charge in [-0.3, -0.25) is 0 Å². The van der Waals surface area contributed by atoms with Crippen LogP contribution in [0.2, 0.25) is 0 Å². The zero-order valence-electron chi connectivity index (χ0n) is 14.3. The van der Waals surface area contributed by atoms with Crippen LogP contribution in [0, 0.1) is 13.8 Å². The fraction of sp³-hybridized carbons (Fsp3) is 0.0909. The number of rotatable bonds is 3. The number of benzene rings is 3. The lowest BCUT2D eigenvalue weighted by atomic mass is 10.0. The smallest absolute Gasteiger partial charge is 0.161 e. The van der Waals surface area contributed by atoms with Gasteiger partial charge in [0.1, 0.15) is 5.69 Å². The van der Waals surface area contributed by atoms with Crippen molar-refractivity contribution in [1.29, 1.82) is 0 Å². The van der Waals surface area contributed by atoms with Crippen molar-refractivity contribution >= 4 is 22.3 Å². The molecule has 0 aliphatic rings. The zero-order chi connectivity index (χ0) is 17.2. The van der Waals surface area contributed by atoms with E-state index in [1.54, 1.807) is 0 Å². The Morgan fingerprint density at radius 3 is 2.24 bits per heavy atom. The van der Waals surface area contributed by atoms with E-state index in [-0.39, 0.29) is 0 Å². The average Bonchev–Trinajstić information content (AvgIpc) is 2.66. The van der Waals surface area contributed by atoms with Gasteiger partial charge in [-0.15, -0.1) is 10.2 Å². The molecule has 3 aromatic carbocycles. The molecule has 0 amide bonds. The Bertz CT molecular complexity index is 1040. The zero-order valence-corrected chi connectivity index (χ0v) is 14.3. The second-order valence-corrected chi connectivity index (χ2v) is 6.25. The third-order valence-electron chi connectivity index (χ3n) is 4.38. The van der Waals surface area contributed by atoms with E-state index in [0.29, 0.717) is 0 Å². The summed E-state index contributed by atoms with van der Waals surface area (Å²) in [5.74, 6) is 0.781. The first kappa shape index (κ1) is 15.3. The quantitative estimate of drug-likeness (QED) is 0.528. The van der Waals surface area contributed by atoms with E-state index >= 15 is 0 Å². The van der Waals surface area contributed by atoms with E-state index in [1.165, 1.54) is 11.1 Å². The lowest BCUT2D eigenvalue weighted by Gasteiger charge is -2.13. The third kappa shape index (κ3) is 2.96. The molecule has 3 heteroatoms. The molecule has 0 spiro atoms. The lowest BCUT2D eigenvalue weighted by molar-refractivity contribution is 1.06. The van der Waals surface area contributed by atoms with Crippen molar-refractivity contribution in [1.82, 2.24) is 10.2 Å². The third-order valence-corrected chi connectivity index (χ3v) is 4.38. The van der Waals surface area contributed by atoms with Crippen molar-refractivity contribution in [3.63, 3.8) is 0 Å². The van der Waals surface area contributed by atoms with E-state index < -0.39 is 0 Å². The molecule has 0 saturated carbocycles. The maximum Gasteiger partial charge on any atom is 0.161 e. The van der Waals surface area contributed by atoms with Crippen LogP contribution in [0.25, 0.3) is 22.0 Å². The lowest BCUT2D eigenvalue weighted by Crippen LogP contribution is -2.00. The number of hydrogen-bond acceptors (Lipinski definition) is 3. The average molecular weight is 325 g/mol. The predicted octanol–water partition coefficient (Wildman–Crippen LogP) is 5.66. The second-order valence-electron chi connectivity index (χ2n) is 6.25. The fourth-order valence-corrected chi connectivity index (χ4v) is 3.00. The Balaban J connectivity index is 1.85. The molecule has 0 saturated heterocycles. The minimum atomic E-state index is 0.781. The highest BCUT2D eigenvalue weighted by Crippen LogP contribution is 2.31. The highest BCUT2D eigenvalue weighted by Gasteiger charge is 2.11. The van der Waals surface area contributed by atoms with Crippen molar-refractivity contribution in [3.8, 4) is 11.3 Å². The number of fused-ring (bicyclic) bond motifs is 1. The normalized spacial score (nSPS) is 10.8. The van der Waals surface area contributed by atoms with Crippen molar-refractivity contribution in [2.75, 3.05) is 5.32 Å². The molecule has 0 aliphatic carbocycles. The van der Waals surface area contributed by atoms with Crippen LogP contribution in [0.15, 0.2) is 72.8 Å². The van der Waals surface area contributed by atoms with E-state index in [4.69, 9.17) is 0 Å². The van der Waals surface area contributed by atoms with Gasteiger partial charge >= 0.3 is 0 Å².